The van der Waals surface area contributed by atoms with Crippen LogP contribution in [0.2, 0.25) is 0 Å². The number of benzene rings is 3. The second-order valence-corrected chi connectivity index (χ2v) is 7.78. The van der Waals surface area contributed by atoms with Crippen molar-refractivity contribution in [3.8, 4) is 5.75 Å². The molecule has 0 atom stereocenters. The molecule has 1 heterocycles. The lowest BCUT2D eigenvalue weighted by atomic mass is 10.1. The van der Waals surface area contributed by atoms with Crippen LogP contribution in [0.3, 0.4) is 0 Å². The Kier molecular flexibility index (Phi) is 5.58. The number of ether oxygens (including phenoxy) is 1. The van der Waals surface area contributed by atoms with Crippen molar-refractivity contribution < 1.29 is 9.53 Å². The summed E-state index contributed by atoms with van der Waals surface area (Å²) in [7, 11) is 0. The molecule has 0 radical (unpaired) electrons. The summed E-state index contributed by atoms with van der Waals surface area (Å²) in [4.78, 5) is 20.0. The van der Waals surface area contributed by atoms with Gasteiger partial charge < -0.3 is 4.74 Å². The van der Waals surface area contributed by atoms with Crippen LogP contribution in [0.5, 0.6) is 5.75 Å². The van der Waals surface area contributed by atoms with E-state index in [9.17, 15) is 4.79 Å². The molecule has 0 aliphatic rings. The average molecular weight is 403 g/mol. The zero-order valence-corrected chi connectivity index (χ0v) is 17.3. The standard InChI is InChI=1S/C24H22N2O2S/c1-3-28-20-10-7-11-21-22(20)25-24(29-21)26(16-18-8-5-4-6-9-18)23(27)19-14-12-17(2)13-15-19/h4-15H,3,16H2,1-2H3. The maximum atomic E-state index is 13.4. The van der Waals surface area contributed by atoms with Gasteiger partial charge >= 0.3 is 0 Å². The molecular formula is C24H22N2O2S. The fourth-order valence-corrected chi connectivity index (χ4v) is 4.12. The van der Waals surface area contributed by atoms with Crippen LogP contribution < -0.4 is 9.64 Å². The van der Waals surface area contributed by atoms with Gasteiger partial charge in [-0.1, -0.05) is 65.4 Å². The molecule has 29 heavy (non-hydrogen) atoms. The third-order valence-corrected chi connectivity index (χ3v) is 5.67. The molecule has 146 valence electrons. The van der Waals surface area contributed by atoms with Crippen molar-refractivity contribution >= 4 is 32.6 Å². The molecule has 1 aromatic heterocycles. The molecule has 0 spiro atoms. The summed E-state index contributed by atoms with van der Waals surface area (Å²) in [6.07, 6.45) is 0. The lowest BCUT2D eigenvalue weighted by Gasteiger charge is -2.20. The summed E-state index contributed by atoms with van der Waals surface area (Å²) in [5.41, 5.74) is 3.62. The first-order valence-electron chi connectivity index (χ1n) is 9.60. The van der Waals surface area contributed by atoms with Gasteiger partial charge in [-0.15, -0.1) is 0 Å². The van der Waals surface area contributed by atoms with Gasteiger partial charge in [0.25, 0.3) is 5.91 Å². The molecule has 0 N–H and O–H groups in total. The van der Waals surface area contributed by atoms with E-state index in [2.05, 4.69) is 0 Å². The maximum Gasteiger partial charge on any atom is 0.260 e. The van der Waals surface area contributed by atoms with E-state index in [0.29, 0.717) is 23.8 Å². The van der Waals surface area contributed by atoms with E-state index in [1.807, 2.05) is 86.6 Å². The van der Waals surface area contributed by atoms with Crippen molar-refractivity contribution in [2.45, 2.75) is 20.4 Å². The Balaban J connectivity index is 1.77. The Bertz CT molecular complexity index is 1120. The lowest BCUT2D eigenvalue weighted by Crippen LogP contribution is -2.30. The molecule has 3 aromatic carbocycles. The van der Waals surface area contributed by atoms with Crippen LogP contribution in [-0.2, 0) is 6.54 Å². The predicted octanol–water partition coefficient (Wildman–Crippen LogP) is 5.85. The van der Waals surface area contributed by atoms with Gasteiger partial charge in [-0.2, -0.15) is 0 Å². The van der Waals surface area contributed by atoms with Crippen molar-refractivity contribution in [1.29, 1.82) is 0 Å². The minimum atomic E-state index is -0.0640. The lowest BCUT2D eigenvalue weighted by molar-refractivity contribution is 0.0985. The summed E-state index contributed by atoms with van der Waals surface area (Å²) < 4.78 is 6.73. The molecule has 0 saturated carbocycles. The Hall–Kier alpha value is -3.18. The zero-order chi connectivity index (χ0) is 20.2. The predicted molar refractivity (Wildman–Crippen MR) is 119 cm³/mol. The average Bonchev–Trinajstić information content (AvgIpc) is 3.18. The van der Waals surface area contributed by atoms with Gasteiger partial charge in [-0.25, -0.2) is 4.98 Å². The van der Waals surface area contributed by atoms with Crippen molar-refractivity contribution in [2.24, 2.45) is 0 Å². The normalized spacial score (nSPS) is 10.8. The molecule has 0 bridgehead atoms. The van der Waals surface area contributed by atoms with E-state index in [-0.39, 0.29) is 5.91 Å². The maximum absolute atomic E-state index is 13.4. The molecule has 0 saturated heterocycles. The number of hydrogen-bond donors (Lipinski definition) is 0. The molecule has 5 heteroatoms. The van der Waals surface area contributed by atoms with Crippen LogP contribution in [0.1, 0.15) is 28.4 Å². The molecule has 4 nitrogen and oxygen atoms in total. The molecule has 0 aliphatic heterocycles. The van der Waals surface area contributed by atoms with Crippen molar-refractivity contribution in [1.82, 2.24) is 4.98 Å². The Labute approximate surface area is 174 Å². The Morgan fingerprint density at radius 2 is 1.76 bits per heavy atom. The number of fused-ring (bicyclic) bond motifs is 1. The third-order valence-electron chi connectivity index (χ3n) is 4.63. The topological polar surface area (TPSA) is 42.4 Å². The van der Waals surface area contributed by atoms with E-state index in [1.165, 1.54) is 11.3 Å². The first-order valence-corrected chi connectivity index (χ1v) is 10.4. The molecule has 0 fully saturated rings. The summed E-state index contributed by atoms with van der Waals surface area (Å²) in [5.74, 6) is 0.681. The first-order chi connectivity index (χ1) is 14.2. The number of aryl methyl sites for hydroxylation is 1. The van der Waals surface area contributed by atoms with Gasteiger partial charge in [0.15, 0.2) is 5.13 Å². The quantitative estimate of drug-likeness (QED) is 0.406. The van der Waals surface area contributed by atoms with Gasteiger partial charge in [0.1, 0.15) is 11.3 Å². The molecule has 0 unspecified atom stereocenters. The highest BCUT2D eigenvalue weighted by Gasteiger charge is 2.22. The number of anilines is 1. The summed E-state index contributed by atoms with van der Waals surface area (Å²) in [5, 5.41) is 0.668. The van der Waals surface area contributed by atoms with Crippen LogP contribution in [0.15, 0.2) is 72.8 Å². The summed E-state index contributed by atoms with van der Waals surface area (Å²) in [6.45, 7) is 4.99. The number of para-hydroxylation sites is 1. The number of hydrogen-bond acceptors (Lipinski definition) is 4. The Morgan fingerprint density at radius 1 is 1.00 bits per heavy atom. The van der Waals surface area contributed by atoms with E-state index < -0.39 is 0 Å². The monoisotopic (exact) mass is 402 g/mol. The SMILES string of the molecule is CCOc1cccc2sc(N(Cc3ccccc3)C(=O)c3ccc(C)cc3)nc12. The van der Waals surface area contributed by atoms with Gasteiger partial charge in [0, 0.05) is 5.56 Å². The smallest absolute Gasteiger partial charge is 0.260 e. The molecule has 1 amide bonds. The molecule has 4 rings (SSSR count). The van der Waals surface area contributed by atoms with Crippen LogP contribution in [0.25, 0.3) is 10.2 Å². The van der Waals surface area contributed by atoms with Crippen molar-refractivity contribution in [3.05, 3.63) is 89.5 Å². The second-order valence-electron chi connectivity index (χ2n) is 6.78. The van der Waals surface area contributed by atoms with E-state index in [4.69, 9.17) is 9.72 Å². The van der Waals surface area contributed by atoms with Gasteiger partial charge in [0.2, 0.25) is 0 Å². The van der Waals surface area contributed by atoms with E-state index in [0.717, 1.165) is 27.1 Å². The molecule has 4 aromatic rings. The van der Waals surface area contributed by atoms with Gasteiger partial charge in [0.05, 0.1) is 17.9 Å². The highest BCUT2D eigenvalue weighted by atomic mass is 32.1. The number of aromatic nitrogens is 1. The van der Waals surface area contributed by atoms with Gasteiger partial charge in [-0.3, -0.25) is 9.69 Å². The summed E-state index contributed by atoms with van der Waals surface area (Å²) >= 11 is 1.50. The first kappa shape index (κ1) is 19.2. The number of carbonyl (C=O) groups excluding carboxylic acids is 1. The van der Waals surface area contributed by atoms with Gasteiger partial charge in [-0.05, 0) is 43.7 Å². The summed E-state index contributed by atoms with van der Waals surface area (Å²) in [6, 6.07) is 23.5. The molecule has 0 aliphatic carbocycles. The van der Waals surface area contributed by atoms with Crippen molar-refractivity contribution in [3.63, 3.8) is 0 Å². The van der Waals surface area contributed by atoms with E-state index in [1.54, 1.807) is 4.90 Å². The largest absolute Gasteiger partial charge is 0.492 e. The number of nitrogens with zero attached hydrogens (tertiary/aromatic N) is 2. The minimum Gasteiger partial charge on any atom is -0.492 e. The fourth-order valence-electron chi connectivity index (χ4n) is 3.14. The third kappa shape index (κ3) is 4.15. The Morgan fingerprint density at radius 3 is 2.48 bits per heavy atom. The molecular weight excluding hydrogens is 380 g/mol. The van der Waals surface area contributed by atoms with Crippen LogP contribution in [0.4, 0.5) is 5.13 Å². The number of thiazole rings is 1. The number of rotatable bonds is 6. The highest BCUT2D eigenvalue weighted by molar-refractivity contribution is 7.22. The number of amides is 1. The van der Waals surface area contributed by atoms with Crippen LogP contribution in [0, 0.1) is 6.92 Å². The van der Waals surface area contributed by atoms with Crippen LogP contribution in [-0.4, -0.2) is 17.5 Å². The minimum absolute atomic E-state index is 0.0640. The fraction of sp³-hybridized carbons (Fsp3) is 0.167. The van der Waals surface area contributed by atoms with Crippen LogP contribution >= 0.6 is 11.3 Å². The zero-order valence-electron chi connectivity index (χ0n) is 16.5. The highest BCUT2D eigenvalue weighted by Crippen LogP contribution is 2.35. The van der Waals surface area contributed by atoms with E-state index >= 15 is 0 Å². The van der Waals surface area contributed by atoms with Crippen molar-refractivity contribution in [2.75, 3.05) is 11.5 Å². The second kappa shape index (κ2) is 8.45. The number of carbonyl (C=O) groups is 1.